The van der Waals surface area contributed by atoms with Gasteiger partial charge < -0.3 is 15.4 Å². The second-order valence-corrected chi connectivity index (χ2v) is 7.56. The van der Waals surface area contributed by atoms with E-state index < -0.39 is 14.9 Å². The number of nitrogens with one attached hydrogen (secondary N) is 2. The Morgan fingerprint density at radius 3 is 2.83 bits per heavy atom. The van der Waals surface area contributed by atoms with Crippen LogP contribution in [0, 0.1) is 10.1 Å². The molecule has 3 aromatic rings. The summed E-state index contributed by atoms with van der Waals surface area (Å²) in [6.07, 6.45) is 1.13. The van der Waals surface area contributed by atoms with Crippen LogP contribution in [0.25, 0.3) is 5.65 Å². The van der Waals surface area contributed by atoms with Crippen LogP contribution in [0.3, 0.4) is 0 Å². The van der Waals surface area contributed by atoms with E-state index in [1.54, 1.807) is 23.6 Å². The predicted octanol–water partition coefficient (Wildman–Crippen LogP) is 1.09. The third-order valence-corrected chi connectivity index (χ3v) is 5.87. The van der Waals surface area contributed by atoms with Crippen LogP contribution in [-0.2, 0) is 10.0 Å². The van der Waals surface area contributed by atoms with Crippen LogP contribution in [-0.4, -0.2) is 41.0 Å². The molecule has 0 atom stereocenters. The van der Waals surface area contributed by atoms with Crippen molar-refractivity contribution in [3.8, 4) is 0 Å². The third kappa shape index (κ3) is 3.34. The molecule has 2 N–H and O–H groups in total. The van der Waals surface area contributed by atoms with Crippen LogP contribution in [0.1, 0.15) is 0 Å². The lowest BCUT2D eigenvalue weighted by atomic mass is 10.5. The first-order chi connectivity index (χ1) is 11.5. The maximum Gasteiger partial charge on any atom is 0.368 e. The highest BCUT2D eigenvalue weighted by molar-refractivity contribution is 7.91. The quantitative estimate of drug-likeness (QED) is 0.362. The maximum absolute atomic E-state index is 11.9. The number of thiophene rings is 1. The van der Waals surface area contributed by atoms with E-state index in [1.165, 1.54) is 6.07 Å². The van der Waals surface area contributed by atoms with Crippen LogP contribution in [0.2, 0.25) is 0 Å². The van der Waals surface area contributed by atoms with Crippen molar-refractivity contribution in [1.82, 2.24) is 19.3 Å². The van der Waals surface area contributed by atoms with E-state index in [1.807, 2.05) is 0 Å². The molecule has 24 heavy (non-hydrogen) atoms. The highest BCUT2D eigenvalue weighted by atomic mass is 32.2. The number of sulfonamides is 1. The normalized spacial score (nSPS) is 11.7. The van der Waals surface area contributed by atoms with Gasteiger partial charge in [-0.15, -0.1) is 11.3 Å². The molecular formula is C12H12N6O4S2. The van der Waals surface area contributed by atoms with Crippen molar-refractivity contribution in [1.29, 1.82) is 0 Å². The van der Waals surface area contributed by atoms with Crippen LogP contribution in [0.5, 0.6) is 0 Å². The van der Waals surface area contributed by atoms with Crippen LogP contribution in [0.15, 0.2) is 40.1 Å². The van der Waals surface area contributed by atoms with Crippen molar-refractivity contribution in [2.45, 2.75) is 4.21 Å². The van der Waals surface area contributed by atoms with Crippen LogP contribution >= 0.6 is 11.3 Å². The Kier molecular flexibility index (Phi) is 4.42. The van der Waals surface area contributed by atoms with Gasteiger partial charge in [-0.05, 0) is 22.4 Å². The number of hydrogen-bond acceptors (Lipinski definition) is 8. The molecule has 0 aliphatic heterocycles. The van der Waals surface area contributed by atoms with Gasteiger partial charge in [0.05, 0.1) is 0 Å². The monoisotopic (exact) mass is 368 g/mol. The summed E-state index contributed by atoms with van der Waals surface area (Å²) in [4.78, 5) is 14.2. The van der Waals surface area contributed by atoms with E-state index in [9.17, 15) is 18.5 Å². The molecule has 3 rings (SSSR count). The van der Waals surface area contributed by atoms with Gasteiger partial charge in [0.2, 0.25) is 15.7 Å². The van der Waals surface area contributed by atoms with E-state index >= 15 is 0 Å². The molecule has 3 aromatic heterocycles. The zero-order chi connectivity index (χ0) is 17.2. The molecule has 0 spiro atoms. The molecule has 0 bridgehead atoms. The second kappa shape index (κ2) is 6.51. The SMILES string of the molecule is O=[N+]([O-])c1cnc2ccc(NCCNS(=O)(=O)c3cccs3)nn12. The summed E-state index contributed by atoms with van der Waals surface area (Å²) in [5.41, 5.74) is 0.352. The molecule has 0 amide bonds. The maximum atomic E-state index is 11.9. The first-order valence-electron chi connectivity index (χ1n) is 6.73. The molecule has 0 fully saturated rings. The lowest BCUT2D eigenvalue weighted by Gasteiger charge is -2.06. The lowest BCUT2D eigenvalue weighted by Crippen LogP contribution is -2.28. The fourth-order valence-electron chi connectivity index (χ4n) is 1.94. The van der Waals surface area contributed by atoms with Gasteiger partial charge in [0.25, 0.3) is 0 Å². The fourth-order valence-corrected chi connectivity index (χ4v) is 4.01. The fraction of sp³-hybridized carbons (Fsp3) is 0.167. The van der Waals surface area contributed by atoms with E-state index in [-0.39, 0.29) is 23.1 Å². The van der Waals surface area contributed by atoms with Crippen molar-refractivity contribution in [3.63, 3.8) is 0 Å². The average Bonchev–Trinajstić information content (AvgIpc) is 3.20. The van der Waals surface area contributed by atoms with Crippen LogP contribution < -0.4 is 10.0 Å². The number of aromatic nitrogens is 3. The van der Waals surface area contributed by atoms with Crippen molar-refractivity contribution in [2.24, 2.45) is 0 Å². The number of hydrogen-bond donors (Lipinski definition) is 2. The van der Waals surface area contributed by atoms with Crippen molar-refractivity contribution >= 4 is 38.6 Å². The van der Waals surface area contributed by atoms with Gasteiger partial charge in [0.15, 0.2) is 5.82 Å². The van der Waals surface area contributed by atoms with E-state index in [2.05, 4.69) is 20.1 Å². The Morgan fingerprint density at radius 2 is 2.12 bits per heavy atom. The van der Waals surface area contributed by atoms with Gasteiger partial charge in [-0.25, -0.2) is 18.1 Å². The first kappa shape index (κ1) is 16.3. The van der Waals surface area contributed by atoms with Gasteiger partial charge in [-0.1, -0.05) is 15.7 Å². The van der Waals surface area contributed by atoms with Crippen molar-refractivity contribution in [3.05, 3.63) is 46.0 Å². The molecular weight excluding hydrogens is 356 g/mol. The molecule has 10 nitrogen and oxygen atoms in total. The number of imidazole rings is 1. The summed E-state index contributed by atoms with van der Waals surface area (Å²) in [7, 11) is -3.51. The third-order valence-electron chi connectivity index (χ3n) is 3.01. The summed E-state index contributed by atoms with van der Waals surface area (Å²) in [5.74, 6) is 0.131. The Bertz CT molecular complexity index is 967. The molecule has 126 valence electrons. The largest absolute Gasteiger partial charge is 0.368 e. The van der Waals surface area contributed by atoms with E-state index in [4.69, 9.17) is 0 Å². The minimum atomic E-state index is -3.51. The van der Waals surface area contributed by atoms with Crippen molar-refractivity contribution < 1.29 is 13.3 Å². The molecule has 0 aliphatic carbocycles. The smallest absolute Gasteiger partial charge is 0.366 e. The predicted molar refractivity (Wildman–Crippen MR) is 87.6 cm³/mol. The van der Waals surface area contributed by atoms with Gasteiger partial charge >= 0.3 is 5.82 Å². The number of rotatable bonds is 7. The van der Waals surface area contributed by atoms with Gasteiger partial charge in [0, 0.05) is 19.2 Å². The van der Waals surface area contributed by atoms with Gasteiger partial charge in [0.1, 0.15) is 10.4 Å². The lowest BCUT2D eigenvalue weighted by molar-refractivity contribution is -0.391. The Hall–Kier alpha value is -2.57. The summed E-state index contributed by atoms with van der Waals surface area (Å²) < 4.78 is 27.7. The minimum absolute atomic E-state index is 0.145. The minimum Gasteiger partial charge on any atom is -0.366 e. The highest BCUT2D eigenvalue weighted by Crippen LogP contribution is 2.15. The van der Waals surface area contributed by atoms with Gasteiger partial charge in [-0.3, -0.25) is 0 Å². The van der Waals surface area contributed by atoms with Crippen molar-refractivity contribution in [2.75, 3.05) is 18.4 Å². The van der Waals surface area contributed by atoms with E-state index in [0.29, 0.717) is 11.5 Å². The molecule has 0 unspecified atom stereocenters. The first-order valence-corrected chi connectivity index (χ1v) is 9.10. The Morgan fingerprint density at radius 1 is 1.29 bits per heavy atom. The Labute approximate surface area is 140 Å². The highest BCUT2D eigenvalue weighted by Gasteiger charge is 2.16. The summed E-state index contributed by atoms with van der Waals surface area (Å²) in [6.45, 7) is 0.414. The zero-order valence-electron chi connectivity index (χ0n) is 12.1. The summed E-state index contributed by atoms with van der Waals surface area (Å²) in [5, 5.41) is 19.5. The van der Waals surface area contributed by atoms with Crippen LogP contribution in [0.4, 0.5) is 11.6 Å². The molecule has 0 aromatic carbocycles. The molecule has 12 heteroatoms. The molecule has 0 saturated heterocycles. The Balaban J connectivity index is 1.62. The standard InChI is InChI=1S/C12H12N6O4S2/c19-18(20)11-8-14-10-4-3-9(16-17(10)11)13-5-6-15-24(21,22)12-2-1-7-23-12/h1-4,7-8,15H,5-6H2,(H,13,16). The molecule has 0 radical (unpaired) electrons. The summed E-state index contributed by atoms with van der Waals surface area (Å²) >= 11 is 1.13. The second-order valence-electron chi connectivity index (χ2n) is 4.62. The van der Waals surface area contributed by atoms with Gasteiger partial charge in [-0.2, -0.15) is 0 Å². The number of anilines is 1. The molecule has 3 heterocycles. The summed E-state index contributed by atoms with van der Waals surface area (Å²) in [6, 6.07) is 6.38. The molecule has 0 saturated carbocycles. The topological polar surface area (TPSA) is 132 Å². The number of fused-ring (bicyclic) bond motifs is 1. The van der Waals surface area contributed by atoms with E-state index in [0.717, 1.165) is 22.0 Å². The zero-order valence-corrected chi connectivity index (χ0v) is 13.7. The number of nitro groups is 1. The number of nitrogens with zero attached hydrogens (tertiary/aromatic N) is 4. The average molecular weight is 368 g/mol. The molecule has 0 aliphatic rings.